The van der Waals surface area contributed by atoms with Crippen LogP contribution < -0.4 is 0 Å². The Bertz CT molecular complexity index is 449. The van der Waals surface area contributed by atoms with Crippen molar-refractivity contribution in [1.29, 1.82) is 0 Å². The Kier molecular flexibility index (Phi) is 4.02. The molecule has 0 fully saturated rings. The zero-order chi connectivity index (χ0) is 13.9. The average Bonchev–Trinajstić information content (AvgIpc) is 2.61. The largest absolute Gasteiger partial charge is 0.480 e. The summed E-state index contributed by atoms with van der Waals surface area (Å²) < 4.78 is 1.06. The Balaban J connectivity index is 2.72. The highest BCUT2D eigenvalue weighted by Crippen LogP contribution is 2.06. The third-order valence-corrected chi connectivity index (χ3v) is 2.03. The van der Waals surface area contributed by atoms with Crippen molar-refractivity contribution in [3.05, 3.63) is 11.9 Å². The lowest BCUT2D eigenvalue weighted by Gasteiger charge is -2.24. The molecule has 1 heterocycles. The molecule has 18 heavy (non-hydrogen) atoms. The molecule has 0 radical (unpaired) electrons. The van der Waals surface area contributed by atoms with E-state index in [0.29, 0.717) is 0 Å². The monoisotopic (exact) mass is 256 g/mol. The summed E-state index contributed by atoms with van der Waals surface area (Å²) >= 11 is 0. The summed E-state index contributed by atoms with van der Waals surface area (Å²) in [6.45, 7) is 2.95. The lowest BCUT2D eigenvalue weighted by molar-refractivity contribution is -0.137. The van der Waals surface area contributed by atoms with Crippen LogP contribution >= 0.6 is 0 Å². The van der Waals surface area contributed by atoms with Gasteiger partial charge in [-0.3, -0.25) is 9.59 Å². The van der Waals surface area contributed by atoms with Crippen LogP contribution in [0.2, 0.25) is 0 Å². The Morgan fingerprint density at radius 2 is 2.11 bits per heavy atom. The van der Waals surface area contributed by atoms with Crippen molar-refractivity contribution in [3.63, 3.8) is 0 Å². The molecule has 0 unspecified atom stereocenters. The molecular weight excluding hydrogens is 240 g/mol. The highest BCUT2D eigenvalue weighted by atomic mass is 16.4. The van der Waals surface area contributed by atoms with Crippen molar-refractivity contribution in [1.82, 2.24) is 19.9 Å². The molecule has 0 aliphatic rings. The normalized spacial score (nSPS) is 11.3. The van der Waals surface area contributed by atoms with E-state index in [1.54, 1.807) is 13.8 Å². The van der Waals surface area contributed by atoms with Gasteiger partial charge in [-0.05, 0) is 13.8 Å². The Labute approximate surface area is 104 Å². The number of rotatable bonds is 5. The summed E-state index contributed by atoms with van der Waals surface area (Å²) in [5, 5.41) is 25.3. The number of carbonyl (C=O) groups excluding carboxylic acids is 1. The first-order valence-electron chi connectivity index (χ1n) is 5.29. The van der Waals surface area contributed by atoms with Gasteiger partial charge in [0.1, 0.15) is 6.54 Å². The molecule has 0 aliphatic carbocycles. The Hall–Kier alpha value is -1.96. The van der Waals surface area contributed by atoms with Gasteiger partial charge in [-0.25, -0.2) is 4.68 Å². The van der Waals surface area contributed by atoms with Crippen molar-refractivity contribution >= 4 is 11.9 Å². The molecule has 0 aromatic carbocycles. The van der Waals surface area contributed by atoms with Crippen LogP contribution in [0, 0.1) is 0 Å². The molecule has 1 amide bonds. The zero-order valence-corrected chi connectivity index (χ0v) is 10.5. The van der Waals surface area contributed by atoms with Gasteiger partial charge >= 0.3 is 5.97 Å². The van der Waals surface area contributed by atoms with Crippen LogP contribution in [0.4, 0.5) is 0 Å². The van der Waals surface area contributed by atoms with Crippen molar-refractivity contribution < 1.29 is 19.8 Å². The molecule has 2 N–H and O–H groups in total. The number of hydrogen-bond acceptors (Lipinski definition) is 5. The van der Waals surface area contributed by atoms with Gasteiger partial charge in [0.25, 0.3) is 5.91 Å². The maximum atomic E-state index is 11.9. The number of carbonyl (C=O) groups is 2. The third-order valence-electron chi connectivity index (χ3n) is 2.03. The van der Waals surface area contributed by atoms with Gasteiger partial charge in [0.15, 0.2) is 5.69 Å². The molecule has 0 bridgehead atoms. The number of likely N-dealkylation sites (N-methyl/N-ethyl adjacent to an activating group) is 1. The van der Waals surface area contributed by atoms with Gasteiger partial charge in [-0.1, -0.05) is 5.21 Å². The number of nitrogens with zero attached hydrogens (tertiary/aromatic N) is 4. The van der Waals surface area contributed by atoms with Crippen molar-refractivity contribution in [2.45, 2.75) is 26.0 Å². The number of aromatic nitrogens is 3. The molecular formula is C10H16N4O4. The van der Waals surface area contributed by atoms with Crippen LogP contribution in [0.15, 0.2) is 6.20 Å². The minimum atomic E-state index is -1.07. The van der Waals surface area contributed by atoms with Gasteiger partial charge in [0, 0.05) is 13.6 Å². The second-order valence-corrected chi connectivity index (χ2v) is 4.67. The average molecular weight is 256 g/mol. The predicted molar refractivity (Wildman–Crippen MR) is 60.9 cm³/mol. The van der Waals surface area contributed by atoms with E-state index < -0.39 is 17.5 Å². The topological polar surface area (TPSA) is 109 Å². The quantitative estimate of drug-likeness (QED) is 0.714. The van der Waals surface area contributed by atoms with E-state index in [1.807, 2.05) is 0 Å². The highest BCUT2D eigenvalue weighted by molar-refractivity contribution is 5.91. The number of carboxylic acids is 1. The maximum absolute atomic E-state index is 11.9. The number of aliphatic hydroxyl groups is 1. The summed E-state index contributed by atoms with van der Waals surface area (Å²) in [7, 11) is 1.52. The van der Waals surface area contributed by atoms with E-state index in [4.69, 9.17) is 5.11 Å². The first-order chi connectivity index (χ1) is 8.19. The second-order valence-electron chi connectivity index (χ2n) is 4.67. The fraction of sp³-hybridized carbons (Fsp3) is 0.600. The van der Waals surface area contributed by atoms with E-state index in [2.05, 4.69) is 10.3 Å². The molecule has 0 spiro atoms. The van der Waals surface area contributed by atoms with E-state index >= 15 is 0 Å². The maximum Gasteiger partial charge on any atom is 0.325 e. The molecule has 1 aromatic heterocycles. The lowest BCUT2D eigenvalue weighted by Crippen LogP contribution is -2.39. The standard InChI is InChI=1S/C10H16N4O4/c1-10(2,18)6-13(3)9(17)7-4-14(12-11-7)5-8(15)16/h4,18H,5-6H2,1-3H3,(H,15,16). The fourth-order valence-corrected chi connectivity index (χ4v) is 1.46. The first-order valence-corrected chi connectivity index (χ1v) is 5.29. The van der Waals surface area contributed by atoms with Crippen LogP contribution in [-0.4, -0.2) is 61.2 Å². The van der Waals surface area contributed by atoms with Gasteiger partial charge in [0.05, 0.1) is 11.8 Å². The van der Waals surface area contributed by atoms with Crippen LogP contribution in [-0.2, 0) is 11.3 Å². The molecule has 1 aromatic rings. The van der Waals surface area contributed by atoms with E-state index in [-0.39, 0.29) is 18.8 Å². The van der Waals surface area contributed by atoms with Crippen LogP contribution in [0.25, 0.3) is 0 Å². The summed E-state index contributed by atoms with van der Waals surface area (Å²) in [6, 6.07) is 0. The van der Waals surface area contributed by atoms with Crippen LogP contribution in [0.3, 0.4) is 0 Å². The van der Waals surface area contributed by atoms with E-state index in [0.717, 1.165) is 4.68 Å². The molecule has 0 aliphatic heterocycles. The van der Waals surface area contributed by atoms with Gasteiger partial charge in [-0.2, -0.15) is 0 Å². The summed E-state index contributed by atoms with van der Waals surface area (Å²) in [4.78, 5) is 23.6. The van der Waals surface area contributed by atoms with Gasteiger partial charge < -0.3 is 15.1 Å². The molecule has 1 rings (SSSR count). The minimum absolute atomic E-state index is 0.0444. The number of amides is 1. The minimum Gasteiger partial charge on any atom is -0.480 e. The second kappa shape index (κ2) is 5.13. The molecule has 8 heteroatoms. The number of carboxylic acid groups (broad SMARTS) is 1. The Morgan fingerprint density at radius 1 is 1.50 bits per heavy atom. The van der Waals surface area contributed by atoms with Gasteiger partial charge in [-0.15, -0.1) is 5.10 Å². The zero-order valence-electron chi connectivity index (χ0n) is 10.5. The summed E-state index contributed by atoms with van der Waals surface area (Å²) in [6.07, 6.45) is 1.26. The summed E-state index contributed by atoms with van der Waals surface area (Å²) in [5.74, 6) is -1.49. The first kappa shape index (κ1) is 14.1. The van der Waals surface area contributed by atoms with Gasteiger partial charge in [0.2, 0.25) is 0 Å². The number of aliphatic carboxylic acids is 1. The third kappa shape index (κ3) is 4.13. The molecule has 0 saturated carbocycles. The van der Waals surface area contributed by atoms with Crippen molar-refractivity contribution in [2.24, 2.45) is 0 Å². The van der Waals surface area contributed by atoms with Crippen molar-refractivity contribution in [3.8, 4) is 0 Å². The van der Waals surface area contributed by atoms with E-state index in [9.17, 15) is 14.7 Å². The molecule has 0 atom stereocenters. The fourth-order valence-electron chi connectivity index (χ4n) is 1.46. The molecule has 0 saturated heterocycles. The molecule has 100 valence electrons. The van der Waals surface area contributed by atoms with Crippen LogP contribution in [0.5, 0.6) is 0 Å². The smallest absolute Gasteiger partial charge is 0.325 e. The highest BCUT2D eigenvalue weighted by Gasteiger charge is 2.22. The Morgan fingerprint density at radius 3 is 2.61 bits per heavy atom. The van der Waals surface area contributed by atoms with Crippen molar-refractivity contribution in [2.75, 3.05) is 13.6 Å². The SMILES string of the molecule is CN(CC(C)(C)O)C(=O)c1cn(CC(=O)O)nn1. The number of hydrogen-bond donors (Lipinski definition) is 2. The predicted octanol–water partition coefficient (Wildman–Crippen LogP) is -0.794. The molecule has 8 nitrogen and oxygen atoms in total. The van der Waals surface area contributed by atoms with E-state index in [1.165, 1.54) is 18.1 Å². The lowest BCUT2D eigenvalue weighted by atomic mass is 10.1. The summed E-state index contributed by atoms with van der Waals surface area (Å²) in [5.41, 5.74) is -0.968. The van der Waals surface area contributed by atoms with Crippen LogP contribution in [0.1, 0.15) is 24.3 Å².